The molecule has 3 aromatic rings. The third kappa shape index (κ3) is 4.46. The van der Waals surface area contributed by atoms with Gasteiger partial charge in [0.1, 0.15) is 5.82 Å². The molecule has 29 heavy (non-hydrogen) atoms. The topological polar surface area (TPSA) is 61.0 Å². The number of aromatic nitrogens is 2. The van der Waals surface area contributed by atoms with Crippen LogP contribution in [0, 0.1) is 20.8 Å². The summed E-state index contributed by atoms with van der Waals surface area (Å²) < 4.78 is 0. The number of likely N-dealkylation sites (tertiary alicyclic amines) is 1. The Morgan fingerprint density at radius 3 is 2.55 bits per heavy atom. The first kappa shape index (κ1) is 19.9. The van der Waals surface area contributed by atoms with Gasteiger partial charge in [-0.2, -0.15) is 0 Å². The molecule has 0 atom stereocenters. The number of nitrogens with one attached hydrogen (secondary N) is 2. The van der Waals surface area contributed by atoms with Gasteiger partial charge in [0.15, 0.2) is 0 Å². The number of aromatic amines is 1. The minimum Gasteiger partial charge on any atom is -0.342 e. The van der Waals surface area contributed by atoms with Crippen molar-refractivity contribution in [1.82, 2.24) is 14.9 Å². The van der Waals surface area contributed by atoms with Gasteiger partial charge in [0, 0.05) is 16.6 Å². The first-order valence-corrected chi connectivity index (χ1v) is 10.5. The van der Waals surface area contributed by atoms with E-state index in [0.29, 0.717) is 17.5 Å². The van der Waals surface area contributed by atoms with Crippen LogP contribution in [-0.4, -0.2) is 40.4 Å². The summed E-state index contributed by atoms with van der Waals surface area (Å²) in [7, 11) is 0. The zero-order valence-corrected chi connectivity index (χ0v) is 17.9. The van der Waals surface area contributed by atoms with Gasteiger partial charge in [0.2, 0.25) is 5.91 Å². The van der Waals surface area contributed by atoms with E-state index in [1.165, 1.54) is 5.56 Å². The number of carbonyl (C=O) groups is 1. The second kappa shape index (κ2) is 8.17. The number of piperidine rings is 1. The highest BCUT2D eigenvalue weighted by Crippen LogP contribution is 2.28. The van der Waals surface area contributed by atoms with Crippen LogP contribution < -0.4 is 5.32 Å². The van der Waals surface area contributed by atoms with E-state index in [4.69, 9.17) is 16.6 Å². The number of hydrogen-bond acceptors (Lipinski definition) is 3. The Bertz CT molecular complexity index is 1030. The molecule has 1 aliphatic rings. The van der Waals surface area contributed by atoms with Crippen LogP contribution in [0.5, 0.6) is 0 Å². The molecule has 5 nitrogen and oxygen atoms in total. The van der Waals surface area contributed by atoms with Crippen molar-refractivity contribution in [2.45, 2.75) is 39.5 Å². The van der Waals surface area contributed by atoms with Crippen LogP contribution in [0.15, 0.2) is 30.3 Å². The summed E-state index contributed by atoms with van der Waals surface area (Å²) in [6.45, 7) is 8.37. The van der Waals surface area contributed by atoms with Gasteiger partial charge in [0.05, 0.1) is 17.6 Å². The van der Waals surface area contributed by atoms with Crippen LogP contribution in [0.4, 0.5) is 5.69 Å². The number of nitrogens with zero attached hydrogens (tertiary/aromatic N) is 2. The molecular formula is C23H27ClN4O. The number of halogens is 1. The molecule has 0 bridgehead atoms. The number of imidazole rings is 1. The molecule has 0 saturated carbocycles. The van der Waals surface area contributed by atoms with Crippen LogP contribution in [0.1, 0.15) is 41.3 Å². The van der Waals surface area contributed by atoms with Gasteiger partial charge in [-0.3, -0.25) is 9.69 Å². The number of fused-ring (bicyclic) bond motifs is 1. The lowest BCUT2D eigenvalue weighted by atomic mass is 9.96. The number of anilines is 1. The number of amides is 1. The molecule has 0 unspecified atom stereocenters. The lowest BCUT2D eigenvalue weighted by molar-refractivity contribution is -0.117. The van der Waals surface area contributed by atoms with Gasteiger partial charge >= 0.3 is 0 Å². The highest BCUT2D eigenvalue weighted by atomic mass is 35.5. The maximum absolute atomic E-state index is 12.6. The summed E-state index contributed by atoms with van der Waals surface area (Å²) >= 11 is 6.07. The molecule has 4 rings (SSSR count). The van der Waals surface area contributed by atoms with E-state index in [2.05, 4.69) is 34.3 Å². The van der Waals surface area contributed by atoms with Gasteiger partial charge in [-0.1, -0.05) is 29.3 Å². The van der Waals surface area contributed by atoms with Crippen molar-refractivity contribution in [2.24, 2.45) is 0 Å². The van der Waals surface area contributed by atoms with Crippen molar-refractivity contribution < 1.29 is 4.79 Å². The summed E-state index contributed by atoms with van der Waals surface area (Å²) in [6.07, 6.45) is 1.98. The largest absolute Gasteiger partial charge is 0.342 e. The Morgan fingerprint density at radius 2 is 1.86 bits per heavy atom. The molecule has 0 spiro atoms. The molecule has 152 valence electrons. The lowest BCUT2D eigenvalue weighted by Gasteiger charge is -2.30. The summed E-state index contributed by atoms with van der Waals surface area (Å²) in [6, 6.07) is 9.95. The van der Waals surface area contributed by atoms with Gasteiger partial charge in [-0.05, 0) is 76.0 Å². The maximum atomic E-state index is 12.6. The molecule has 0 aliphatic carbocycles. The third-order valence-electron chi connectivity index (χ3n) is 5.75. The fourth-order valence-electron chi connectivity index (χ4n) is 4.32. The fourth-order valence-corrected chi connectivity index (χ4v) is 4.49. The molecule has 1 amide bonds. The van der Waals surface area contributed by atoms with Crippen LogP contribution in [0.3, 0.4) is 0 Å². The Balaban J connectivity index is 1.34. The molecule has 1 fully saturated rings. The zero-order chi connectivity index (χ0) is 20.5. The van der Waals surface area contributed by atoms with Crippen LogP contribution >= 0.6 is 11.6 Å². The Hall–Kier alpha value is -2.37. The Labute approximate surface area is 176 Å². The van der Waals surface area contributed by atoms with Gasteiger partial charge in [-0.25, -0.2) is 4.98 Å². The predicted molar refractivity (Wildman–Crippen MR) is 119 cm³/mol. The minimum atomic E-state index is 0.0527. The van der Waals surface area contributed by atoms with E-state index in [9.17, 15) is 4.79 Å². The maximum Gasteiger partial charge on any atom is 0.238 e. The summed E-state index contributed by atoms with van der Waals surface area (Å²) in [5.74, 6) is 1.47. The fraction of sp³-hybridized carbons (Fsp3) is 0.391. The smallest absolute Gasteiger partial charge is 0.238 e. The second-order valence-electron chi connectivity index (χ2n) is 8.16. The van der Waals surface area contributed by atoms with Crippen molar-refractivity contribution in [1.29, 1.82) is 0 Å². The van der Waals surface area contributed by atoms with Crippen LogP contribution in [0.25, 0.3) is 11.0 Å². The van der Waals surface area contributed by atoms with E-state index < -0.39 is 0 Å². The summed E-state index contributed by atoms with van der Waals surface area (Å²) in [5.41, 5.74) is 6.32. The van der Waals surface area contributed by atoms with Crippen molar-refractivity contribution in [2.75, 3.05) is 25.0 Å². The number of aryl methyl sites for hydroxylation is 3. The highest BCUT2D eigenvalue weighted by Gasteiger charge is 2.24. The van der Waals surface area contributed by atoms with Crippen LogP contribution in [0.2, 0.25) is 5.02 Å². The Kier molecular flexibility index (Phi) is 5.61. The number of benzene rings is 2. The zero-order valence-electron chi connectivity index (χ0n) is 17.2. The molecule has 6 heteroatoms. The van der Waals surface area contributed by atoms with E-state index in [0.717, 1.165) is 59.6 Å². The first-order chi connectivity index (χ1) is 13.9. The van der Waals surface area contributed by atoms with Gasteiger partial charge in [0.25, 0.3) is 0 Å². The monoisotopic (exact) mass is 410 g/mol. The number of hydrogen-bond donors (Lipinski definition) is 2. The minimum absolute atomic E-state index is 0.0527. The van der Waals surface area contributed by atoms with Crippen molar-refractivity contribution in [3.63, 3.8) is 0 Å². The van der Waals surface area contributed by atoms with Crippen molar-refractivity contribution in [3.8, 4) is 0 Å². The van der Waals surface area contributed by atoms with E-state index in [1.54, 1.807) is 0 Å². The highest BCUT2D eigenvalue weighted by molar-refractivity contribution is 6.31. The van der Waals surface area contributed by atoms with Crippen molar-refractivity contribution in [3.05, 3.63) is 57.9 Å². The molecule has 1 aromatic heterocycles. The second-order valence-corrected chi connectivity index (χ2v) is 8.59. The molecule has 1 saturated heterocycles. The van der Waals surface area contributed by atoms with E-state index in [1.807, 2.05) is 32.0 Å². The van der Waals surface area contributed by atoms with E-state index in [-0.39, 0.29) is 5.91 Å². The number of rotatable bonds is 4. The predicted octanol–water partition coefficient (Wildman–Crippen LogP) is 4.96. The van der Waals surface area contributed by atoms with Gasteiger partial charge < -0.3 is 10.3 Å². The van der Waals surface area contributed by atoms with Crippen molar-refractivity contribution >= 4 is 34.2 Å². The Morgan fingerprint density at radius 1 is 1.17 bits per heavy atom. The molecule has 1 aliphatic heterocycles. The lowest BCUT2D eigenvalue weighted by Crippen LogP contribution is -2.39. The molecule has 0 radical (unpaired) electrons. The summed E-state index contributed by atoms with van der Waals surface area (Å²) in [5, 5.41) is 3.82. The number of carbonyl (C=O) groups excluding carboxylic acids is 1. The average Bonchev–Trinajstić information content (AvgIpc) is 3.08. The normalized spacial score (nSPS) is 15.7. The quantitative estimate of drug-likeness (QED) is 0.639. The molecule has 2 heterocycles. The van der Waals surface area contributed by atoms with E-state index >= 15 is 0 Å². The average molecular weight is 411 g/mol. The standard InChI is InChI=1S/C23H27ClN4O/c1-14-10-15(2)22(16(3)11-14)27-21(29)13-28-8-6-17(7-9-28)23-25-19-5-4-18(24)12-20(19)26-23/h4-5,10-12,17H,6-9,13H2,1-3H3,(H,25,26)(H,27,29). The summed E-state index contributed by atoms with van der Waals surface area (Å²) in [4.78, 5) is 23.0. The molecular weight excluding hydrogens is 384 g/mol. The van der Waals surface area contributed by atoms with Crippen LogP contribution in [-0.2, 0) is 4.79 Å². The molecule has 2 N–H and O–H groups in total. The molecule has 2 aromatic carbocycles. The first-order valence-electron chi connectivity index (χ1n) is 10.1. The number of H-pyrrole nitrogens is 1. The SMILES string of the molecule is Cc1cc(C)c(NC(=O)CN2CCC(c3nc4ccc(Cl)cc4[nH]3)CC2)c(C)c1. The third-order valence-corrected chi connectivity index (χ3v) is 5.98. The van der Waals surface area contributed by atoms with Gasteiger partial charge in [-0.15, -0.1) is 0 Å².